The van der Waals surface area contributed by atoms with Gasteiger partial charge in [0, 0.05) is 19.6 Å². The Labute approximate surface area is 127 Å². The first kappa shape index (κ1) is 16.3. The molecule has 0 atom stereocenters. The molecule has 1 aliphatic heterocycles. The SMILES string of the molecule is NCc1cccc(OCCCN2CCCS(=O)(=O)CC2)c1. The van der Waals surface area contributed by atoms with Gasteiger partial charge in [-0.1, -0.05) is 12.1 Å². The van der Waals surface area contributed by atoms with Gasteiger partial charge >= 0.3 is 0 Å². The first-order chi connectivity index (χ1) is 10.1. The number of nitrogens with zero attached hydrogens (tertiary/aromatic N) is 1. The summed E-state index contributed by atoms with van der Waals surface area (Å²) in [5, 5.41) is 0. The largest absolute Gasteiger partial charge is 0.494 e. The molecule has 0 radical (unpaired) electrons. The van der Waals surface area contributed by atoms with Crippen molar-refractivity contribution in [2.75, 3.05) is 37.7 Å². The van der Waals surface area contributed by atoms with Crippen LogP contribution < -0.4 is 10.5 Å². The van der Waals surface area contributed by atoms with Crippen LogP contribution >= 0.6 is 0 Å². The lowest BCUT2D eigenvalue weighted by Gasteiger charge is -2.19. The Morgan fingerprint density at radius 2 is 2.10 bits per heavy atom. The van der Waals surface area contributed by atoms with E-state index in [9.17, 15) is 8.42 Å². The fraction of sp³-hybridized carbons (Fsp3) is 0.600. The smallest absolute Gasteiger partial charge is 0.151 e. The Morgan fingerprint density at radius 1 is 1.24 bits per heavy atom. The number of hydrogen-bond acceptors (Lipinski definition) is 5. The first-order valence-electron chi connectivity index (χ1n) is 7.44. The predicted octanol–water partition coefficient (Wildman–Crippen LogP) is 1.03. The summed E-state index contributed by atoms with van der Waals surface area (Å²) < 4.78 is 28.8. The second-order valence-corrected chi connectivity index (χ2v) is 7.70. The Kier molecular flexibility index (Phi) is 6.02. The maximum atomic E-state index is 11.5. The van der Waals surface area contributed by atoms with E-state index >= 15 is 0 Å². The second kappa shape index (κ2) is 7.77. The van der Waals surface area contributed by atoms with Crippen LogP contribution in [0, 0.1) is 0 Å². The van der Waals surface area contributed by atoms with Crippen LogP contribution in [0.3, 0.4) is 0 Å². The van der Waals surface area contributed by atoms with Crippen LogP contribution in [0.1, 0.15) is 18.4 Å². The molecule has 0 aromatic heterocycles. The molecule has 2 N–H and O–H groups in total. The van der Waals surface area contributed by atoms with Crippen molar-refractivity contribution in [1.82, 2.24) is 4.90 Å². The molecule has 0 bridgehead atoms. The molecule has 0 amide bonds. The molecular formula is C15H24N2O3S. The van der Waals surface area contributed by atoms with Gasteiger partial charge in [0.25, 0.3) is 0 Å². The monoisotopic (exact) mass is 312 g/mol. The van der Waals surface area contributed by atoms with E-state index in [-0.39, 0.29) is 5.75 Å². The Balaban J connectivity index is 1.69. The van der Waals surface area contributed by atoms with E-state index in [1.54, 1.807) is 0 Å². The van der Waals surface area contributed by atoms with Crippen molar-refractivity contribution < 1.29 is 13.2 Å². The van der Waals surface area contributed by atoms with E-state index in [1.165, 1.54) is 0 Å². The lowest BCUT2D eigenvalue weighted by Crippen LogP contribution is -2.29. The van der Waals surface area contributed by atoms with E-state index in [0.717, 1.165) is 37.2 Å². The van der Waals surface area contributed by atoms with Gasteiger partial charge in [0.2, 0.25) is 0 Å². The Bertz CT molecular complexity index is 546. The standard InChI is InChI=1S/C15H24N2O3S/c16-13-14-4-1-5-15(12-14)20-9-2-6-17-7-3-10-21(18,19)11-8-17/h1,4-5,12H,2-3,6-11,13,16H2. The van der Waals surface area contributed by atoms with Crippen molar-refractivity contribution in [3.05, 3.63) is 29.8 Å². The molecule has 1 aromatic rings. The summed E-state index contributed by atoms with van der Waals surface area (Å²) >= 11 is 0. The molecule has 21 heavy (non-hydrogen) atoms. The van der Waals surface area contributed by atoms with Crippen molar-refractivity contribution in [3.8, 4) is 5.75 Å². The van der Waals surface area contributed by atoms with Gasteiger partial charge in [-0.3, -0.25) is 0 Å². The van der Waals surface area contributed by atoms with Gasteiger partial charge in [-0.25, -0.2) is 8.42 Å². The van der Waals surface area contributed by atoms with Crippen molar-refractivity contribution in [2.45, 2.75) is 19.4 Å². The summed E-state index contributed by atoms with van der Waals surface area (Å²) in [5.41, 5.74) is 6.66. The van der Waals surface area contributed by atoms with Crippen molar-refractivity contribution in [3.63, 3.8) is 0 Å². The molecule has 1 fully saturated rings. The topological polar surface area (TPSA) is 72.6 Å². The summed E-state index contributed by atoms with van der Waals surface area (Å²) in [4.78, 5) is 2.21. The summed E-state index contributed by atoms with van der Waals surface area (Å²) in [5.74, 6) is 1.45. The lowest BCUT2D eigenvalue weighted by molar-refractivity contribution is 0.245. The maximum absolute atomic E-state index is 11.5. The number of nitrogens with two attached hydrogens (primary N) is 1. The summed E-state index contributed by atoms with van der Waals surface area (Å²) in [6.07, 6.45) is 1.63. The predicted molar refractivity (Wildman–Crippen MR) is 84.2 cm³/mol. The second-order valence-electron chi connectivity index (χ2n) is 5.40. The van der Waals surface area contributed by atoms with Gasteiger partial charge in [0.15, 0.2) is 9.84 Å². The quantitative estimate of drug-likeness (QED) is 0.795. The fourth-order valence-corrected chi connectivity index (χ4v) is 3.76. The lowest BCUT2D eigenvalue weighted by atomic mass is 10.2. The van der Waals surface area contributed by atoms with Gasteiger partial charge in [0.05, 0.1) is 18.1 Å². The molecule has 118 valence electrons. The highest BCUT2D eigenvalue weighted by atomic mass is 32.2. The molecule has 1 heterocycles. The highest BCUT2D eigenvalue weighted by Gasteiger charge is 2.18. The summed E-state index contributed by atoms with van der Waals surface area (Å²) in [6.45, 7) is 3.54. The van der Waals surface area contributed by atoms with Crippen LogP contribution in [0.4, 0.5) is 0 Å². The van der Waals surface area contributed by atoms with Crippen molar-refractivity contribution >= 4 is 9.84 Å². The van der Waals surface area contributed by atoms with Gasteiger partial charge in [0.1, 0.15) is 5.75 Å². The minimum Gasteiger partial charge on any atom is -0.494 e. The molecule has 1 aromatic carbocycles. The first-order valence-corrected chi connectivity index (χ1v) is 9.26. The Morgan fingerprint density at radius 3 is 2.90 bits per heavy atom. The summed E-state index contributed by atoms with van der Waals surface area (Å²) in [7, 11) is -2.82. The third-order valence-electron chi connectivity index (χ3n) is 3.67. The van der Waals surface area contributed by atoms with Crippen LogP contribution in [0.25, 0.3) is 0 Å². The third kappa shape index (κ3) is 5.65. The number of sulfone groups is 1. The third-order valence-corrected chi connectivity index (χ3v) is 5.39. The zero-order chi connectivity index (χ0) is 15.1. The highest BCUT2D eigenvalue weighted by Crippen LogP contribution is 2.13. The number of benzene rings is 1. The highest BCUT2D eigenvalue weighted by molar-refractivity contribution is 7.91. The molecule has 0 unspecified atom stereocenters. The van der Waals surface area contributed by atoms with E-state index in [4.69, 9.17) is 10.5 Å². The van der Waals surface area contributed by atoms with Crippen LogP contribution in [0.15, 0.2) is 24.3 Å². The van der Waals surface area contributed by atoms with E-state index in [2.05, 4.69) is 4.90 Å². The van der Waals surface area contributed by atoms with Crippen molar-refractivity contribution in [2.24, 2.45) is 5.73 Å². The normalized spacial score (nSPS) is 19.1. The van der Waals surface area contributed by atoms with Gasteiger partial charge < -0.3 is 15.4 Å². The molecule has 1 saturated heterocycles. The van der Waals surface area contributed by atoms with Gasteiger partial charge in [-0.05, 0) is 37.1 Å². The van der Waals surface area contributed by atoms with Crippen molar-refractivity contribution in [1.29, 1.82) is 0 Å². The molecule has 6 heteroatoms. The molecular weight excluding hydrogens is 288 g/mol. The number of hydrogen-bond donors (Lipinski definition) is 1. The fourth-order valence-electron chi connectivity index (χ4n) is 2.45. The van der Waals surface area contributed by atoms with E-state index in [0.29, 0.717) is 25.4 Å². The van der Waals surface area contributed by atoms with E-state index < -0.39 is 9.84 Å². The molecule has 2 rings (SSSR count). The molecule has 0 aliphatic carbocycles. The van der Waals surface area contributed by atoms with Crippen LogP contribution in [0.2, 0.25) is 0 Å². The molecule has 0 saturated carbocycles. The van der Waals surface area contributed by atoms with Crippen LogP contribution in [-0.2, 0) is 16.4 Å². The number of ether oxygens (including phenoxy) is 1. The summed E-state index contributed by atoms with van der Waals surface area (Å²) in [6, 6.07) is 7.80. The van der Waals surface area contributed by atoms with Gasteiger partial charge in [-0.2, -0.15) is 0 Å². The zero-order valence-electron chi connectivity index (χ0n) is 12.3. The Hall–Kier alpha value is -1.11. The van der Waals surface area contributed by atoms with E-state index in [1.807, 2.05) is 24.3 Å². The maximum Gasteiger partial charge on any atom is 0.151 e. The van der Waals surface area contributed by atoms with Crippen LogP contribution in [0.5, 0.6) is 5.75 Å². The molecule has 1 aliphatic rings. The molecule has 0 spiro atoms. The number of rotatable bonds is 6. The minimum atomic E-state index is -2.82. The molecule has 5 nitrogen and oxygen atoms in total. The zero-order valence-corrected chi connectivity index (χ0v) is 13.1. The van der Waals surface area contributed by atoms with Gasteiger partial charge in [-0.15, -0.1) is 0 Å². The van der Waals surface area contributed by atoms with Crippen LogP contribution in [-0.4, -0.2) is 51.1 Å². The average Bonchev–Trinajstić information content (AvgIpc) is 2.65. The average molecular weight is 312 g/mol. The minimum absolute atomic E-state index is 0.284.